The molecule has 2 nitrogen and oxygen atoms in total. The van der Waals surface area contributed by atoms with Crippen LogP contribution in [0, 0.1) is 0 Å². The molecule has 0 radical (unpaired) electrons. The highest BCUT2D eigenvalue weighted by Crippen LogP contribution is 2.46. The van der Waals surface area contributed by atoms with Gasteiger partial charge in [0.2, 0.25) is 0 Å². The van der Waals surface area contributed by atoms with Crippen LogP contribution in [0.4, 0.5) is 17.1 Å². The molecular formula is C54H35NO. The van der Waals surface area contributed by atoms with Gasteiger partial charge in [0.05, 0.1) is 5.69 Å². The molecular weight excluding hydrogens is 679 g/mol. The highest BCUT2D eigenvalue weighted by molar-refractivity contribution is 6.34. The van der Waals surface area contributed by atoms with Crippen LogP contribution >= 0.6 is 0 Å². The fourth-order valence-corrected chi connectivity index (χ4v) is 8.66. The Hall–Kier alpha value is -7.42. The van der Waals surface area contributed by atoms with Crippen molar-refractivity contribution in [1.82, 2.24) is 0 Å². The number of hydrogen-bond acceptors (Lipinski definition) is 2. The third-order valence-corrected chi connectivity index (χ3v) is 11.2. The van der Waals surface area contributed by atoms with E-state index in [0.717, 1.165) is 44.7 Å². The lowest BCUT2D eigenvalue weighted by Gasteiger charge is -2.28. The minimum Gasteiger partial charge on any atom is -0.456 e. The van der Waals surface area contributed by atoms with E-state index in [-0.39, 0.29) is 0 Å². The van der Waals surface area contributed by atoms with Gasteiger partial charge in [-0.05, 0) is 109 Å². The van der Waals surface area contributed by atoms with Crippen LogP contribution in [0.2, 0.25) is 0 Å². The molecule has 0 aliphatic carbocycles. The summed E-state index contributed by atoms with van der Waals surface area (Å²) in [5.74, 6) is 0. The molecule has 0 saturated carbocycles. The van der Waals surface area contributed by atoms with Crippen molar-refractivity contribution in [2.24, 2.45) is 0 Å². The van der Waals surface area contributed by atoms with E-state index >= 15 is 0 Å². The van der Waals surface area contributed by atoms with Crippen molar-refractivity contribution in [3.63, 3.8) is 0 Å². The molecule has 0 atom stereocenters. The van der Waals surface area contributed by atoms with Crippen molar-refractivity contribution in [3.8, 4) is 33.4 Å². The number of furan rings is 1. The molecule has 0 fully saturated rings. The first-order valence-electron chi connectivity index (χ1n) is 19.2. The van der Waals surface area contributed by atoms with E-state index < -0.39 is 0 Å². The first-order chi connectivity index (χ1) is 27.8. The molecule has 0 bridgehead atoms. The van der Waals surface area contributed by atoms with E-state index in [1.54, 1.807) is 0 Å². The normalized spacial score (nSPS) is 11.6. The lowest BCUT2D eigenvalue weighted by molar-refractivity contribution is 0.669. The molecule has 0 aliphatic rings. The van der Waals surface area contributed by atoms with E-state index in [0.29, 0.717) is 0 Å². The topological polar surface area (TPSA) is 16.4 Å². The van der Waals surface area contributed by atoms with Crippen molar-refractivity contribution in [1.29, 1.82) is 0 Å². The van der Waals surface area contributed by atoms with E-state index in [2.05, 4.69) is 211 Å². The van der Waals surface area contributed by atoms with Crippen molar-refractivity contribution in [3.05, 3.63) is 212 Å². The molecule has 11 rings (SSSR count). The predicted octanol–water partition coefficient (Wildman–Crippen LogP) is 15.5. The molecule has 0 unspecified atom stereocenters. The second-order valence-corrected chi connectivity index (χ2v) is 14.4. The van der Waals surface area contributed by atoms with Crippen LogP contribution in [0.3, 0.4) is 0 Å². The van der Waals surface area contributed by atoms with Gasteiger partial charge in [-0.3, -0.25) is 0 Å². The van der Waals surface area contributed by atoms with E-state index in [1.807, 2.05) is 6.07 Å². The number of fused-ring (bicyclic) bond motifs is 10. The quantitative estimate of drug-likeness (QED) is 0.160. The molecule has 56 heavy (non-hydrogen) atoms. The van der Waals surface area contributed by atoms with Gasteiger partial charge in [-0.15, -0.1) is 0 Å². The van der Waals surface area contributed by atoms with Crippen molar-refractivity contribution < 1.29 is 4.42 Å². The Morgan fingerprint density at radius 3 is 1.66 bits per heavy atom. The molecule has 262 valence electrons. The highest BCUT2D eigenvalue weighted by atomic mass is 16.3. The predicted molar refractivity (Wildman–Crippen MR) is 237 cm³/mol. The third kappa shape index (κ3) is 5.26. The number of para-hydroxylation sites is 2. The summed E-state index contributed by atoms with van der Waals surface area (Å²) >= 11 is 0. The van der Waals surface area contributed by atoms with Gasteiger partial charge in [0, 0.05) is 33.1 Å². The van der Waals surface area contributed by atoms with Gasteiger partial charge in [0.25, 0.3) is 0 Å². The largest absolute Gasteiger partial charge is 0.456 e. The zero-order valence-electron chi connectivity index (χ0n) is 30.6. The fourth-order valence-electron chi connectivity index (χ4n) is 8.66. The number of hydrogen-bond donors (Lipinski definition) is 0. The number of nitrogens with zero attached hydrogens (tertiary/aromatic N) is 1. The third-order valence-electron chi connectivity index (χ3n) is 11.2. The van der Waals surface area contributed by atoms with Gasteiger partial charge >= 0.3 is 0 Å². The summed E-state index contributed by atoms with van der Waals surface area (Å²) < 4.78 is 6.40. The highest BCUT2D eigenvalue weighted by Gasteiger charge is 2.20. The average molecular weight is 714 g/mol. The van der Waals surface area contributed by atoms with Gasteiger partial charge < -0.3 is 9.32 Å². The molecule has 0 N–H and O–H groups in total. The van der Waals surface area contributed by atoms with Crippen molar-refractivity contribution in [2.75, 3.05) is 4.90 Å². The van der Waals surface area contributed by atoms with Crippen LogP contribution in [0.25, 0.3) is 87.6 Å². The molecule has 0 spiro atoms. The Balaban J connectivity index is 1.14. The lowest BCUT2D eigenvalue weighted by atomic mass is 9.90. The van der Waals surface area contributed by atoms with E-state index in [1.165, 1.54) is 60.0 Å². The minimum atomic E-state index is 0.912. The Bertz CT molecular complexity index is 3230. The van der Waals surface area contributed by atoms with Crippen LogP contribution < -0.4 is 4.90 Å². The molecule has 1 heterocycles. The van der Waals surface area contributed by atoms with Gasteiger partial charge in [0.1, 0.15) is 11.2 Å². The smallest absolute Gasteiger partial charge is 0.136 e. The lowest BCUT2D eigenvalue weighted by Crippen LogP contribution is -2.11. The number of anilines is 3. The summed E-state index contributed by atoms with van der Waals surface area (Å²) in [5.41, 5.74) is 12.2. The Kier molecular flexibility index (Phi) is 7.53. The second-order valence-electron chi connectivity index (χ2n) is 14.4. The Morgan fingerprint density at radius 1 is 0.286 bits per heavy atom. The van der Waals surface area contributed by atoms with E-state index in [4.69, 9.17) is 4.42 Å². The zero-order valence-corrected chi connectivity index (χ0v) is 30.6. The second kappa shape index (κ2) is 13.2. The molecule has 10 aromatic carbocycles. The SMILES string of the molecule is c1ccc(-c2ccc(N(c3cccc(-c4ccccc4)c3)c3ccccc3-c3ccc4c5ccccc5c5c(ccc6oc7ccccc7c65)c4c3)cc2)cc1. The minimum absolute atomic E-state index is 0.912. The summed E-state index contributed by atoms with van der Waals surface area (Å²) in [6.07, 6.45) is 0. The summed E-state index contributed by atoms with van der Waals surface area (Å²) in [7, 11) is 0. The molecule has 2 heteroatoms. The van der Waals surface area contributed by atoms with E-state index in [9.17, 15) is 0 Å². The molecule has 0 aliphatic heterocycles. The maximum Gasteiger partial charge on any atom is 0.136 e. The van der Waals surface area contributed by atoms with Crippen LogP contribution in [-0.4, -0.2) is 0 Å². The fraction of sp³-hybridized carbons (Fsp3) is 0. The van der Waals surface area contributed by atoms with Gasteiger partial charge in [-0.25, -0.2) is 0 Å². The van der Waals surface area contributed by atoms with Crippen LogP contribution in [0.15, 0.2) is 217 Å². The average Bonchev–Trinajstić information content (AvgIpc) is 3.66. The Morgan fingerprint density at radius 2 is 0.857 bits per heavy atom. The molecule has 11 aromatic rings. The summed E-state index contributed by atoms with van der Waals surface area (Å²) in [4.78, 5) is 2.40. The van der Waals surface area contributed by atoms with Crippen molar-refractivity contribution in [2.45, 2.75) is 0 Å². The Labute approximate surface area is 325 Å². The first-order valence-corrected chi connectivity index (χ1v) is 19.2. The molecule has 1 aromatic heterocycles. The summed E-state index contributed by atoms with van der Waals surface area (Å²) in [6, 6.07) is 76.4. The first kappa shape index (κ1) is 32.0. The number of rotatable bonds is 6. The van der Waals surface area contributed by atoms with Crippen LogP contribution in [0.5, 0.6) is 0 Å². The van der Waals surface area contributed by atoms with Crippen molar-refractivity contribution >= 4 is 71.3 Å². The van der Waals surface area contributed by atoms with Crippen LogP contribution in [-0.2, 0) is 0 Å². The maximum atomic E-state index is 6.40. The standard InChI is InChI=1S/C54H35NO/c1-3-14-36(15-4-1)38-26-29-41(30-27-38)55(42-19-13-18-39(34-42)37-16-5-2-6-17-37)50-24-11-9-20-43(50)40-28-31-45-44-21-7-8-22-46(44)53-47(49(45)35-40)32-33-52-54(53)48-23-10-12-25-51(48)56-52/h1-35H. The summed E-state index contributed by atoms with van der Waals surface area (Å²) in [5, 5.41) is 9.72. The van der Waals surface area contributed by atoms with Gasteiger partial charge in [0.15, 0.2) is 0 Å². The monoisotopic (exact) mass is 713 g/mol. The maximum absolute atomic E-state index is 6.40. The number of benzene rings is 10. The van der Waals surface area contributed by atoms with Gasteiger partial charge in [-0.2, -0.15) is 0 Å². The zero-order chi connectivity index (χ0) is 37.0. The van der Waals surface area contributed by atoms with Gasteiger partial charge in [-0.1, -0.05) is 158 Å². The molecule has 0 amide bonds. The summed E-state index contributed by atoms with van der Waals surface area (Å²) in [6.45, 7) is 0. The molecule has 0 saturated heterocycles. The van der Waals surface area contributed by atoms with Crippen LogP contribution in [0.1, 0.15) is 0 Å².